The van der Waals surface area contributed by atoms with E-state index >= 15 is 0 Å². The van der Waals surface area contributed by atoms with Gasteiger partial charge in [-0.05, 0) is 48.7 Å². The molecule has 3 heterocycles. The molecule has 0 unspecified atom stereocenters. The molecule has 2 aromatic carbocycles. The van der Waals surface area contributed by atoms with E-state index in [-0.39, 0.29) is 47.8 Å². The number of H-pyrrole nitrogens is 1. The normalized spacial score (nSPS) is 15.8. The number of nitrogens with one attached hydrogen (secondary N) is 2. The van der Waals surface area contributed by atoms with Gasteiger partial charge in [-0.2, -0.15) is 26.3 Å². The van der Waals surface area contributed by atoms with E-state index in [9.17, 15) is 40.3 Å². The van der Waals surface area contributed by atoms with Crippen LogP contribution in [0.1, 0.15) is 33.5 Å². The van der Waals surface area contributed by atoms with E-state index in [4.69, 9.17) is 0 Å². The van der Waals surface area contributed by atoms with Crippen molar-refractivity contribution in [3.63, 3.8) is 0 Å². The second-order valence-electron chi connectivity index (χ2n) is 8.56. The molecule has 37 heavy (non-hydrogen) atoms. The number of halogens is 7. The van der Waals surface area contributed by atoms with E-state index in [1.165, 1.54) is 12.1 Å². The van der Waals surface area contributed by atoms with Crippen LogP contribution in [0.25, 0.3) is 0 Å². The second kappa shape index (κ2) is 8.53. The van der Waals surface area contributed by atoms with Gasteiger partial charge in [0.2, 0.25) is 5.56 Å². The summed E-state index contributed by atoms with van der Waals surface area (Å²) in [5, 5.41) is 2.91. The zero-order valence-electron chi connectivity index (χ0n) is 18.7. The van der Waals surface area contributed by atoms with Crippen LogP contribution in [0.15, 0.2) is 47.3 Å². The third-order valence-corrected chi connectivity index (χ3v) is 6.28. The topological polar surface area (TPSA) is 68.4 Å². The number of alkyl halides is 6. The van der Waals surface area contributed by atoms with E-state index in [2.05, 4.69) is 10.3 Å². The van der Waals surface area contributed by atoms with Crippen LogP contribution in [0.2, 0.25) is 0 Å². The van der Waals surface area contributed by atoms with Gasteiger partial charge in [0.25, 0.3) is 5.91 Å². The van der Waals surface area contributed by atoms with E-state index in [1.807, 2.05) is 0 Å². The maximum atomic E-state index is 14.6. The van der Waals surface area contributed by atoms with Gasteiger partial charge in [-0.1, -0.05) is 6.07 Å². The van der Waals surface area contributed by atoms with E-state index in [0.29, 0.717) is 12.1 Å². The summed E-state index contributed by atoms with van der Waals surface area (Å²) in [7, 11) is 0. The van der Waals surface area contributed by atoms with Gasteiger partial charge in [0.1, 0.15) is 18.3 Å². The molecule has 0 saturated carbocycles. The Bertz CT molecular complexity index is 1460. The zero-order valence-corrected chi connectivity index (χ0v) is 18.7. The Hall–Kier alpha value is -4.03. The average molecular weight is 526 g/mol. The summed E-state index contributed by atoms with van der Waals surface area (Å²) in [6.45, 7) is -0.385. The number of carbonyl (C=O) groups is 1. The van der Waals surface area contributed by atoms with Crippen LogP contribution in [-0.2, 0) is 18.8 Å². The molecule has 2 aliphatic heterocycles. The van der Waals surface area contributed by atoms with E-state index < -0.39 is 53.0 Å². The molecule has 1 aromatic heterocycles. The first-order valence-electron chi connectivity index (χ1n) is 11.0. The molecular formula is C24H17F7N4O2. The van der Waals surface area contributed by atoms with Crippen molar-refractivity contribution >= 4 is 28.8 Å². The van der Waals surface area contributed by atoms with Crippen molar-refractivity contribution in [2.24, 2.45) is 0 Å². The second-order valence-corrected chi connectivity index (χ2v) is 8.56. The minimum atomic E-state index is -5.11. The predicted molar refractivity (Wildman–Crippen MR) is 121 cm³/mol. The van der Waals surface area contributed by atoms with Crippen molar-refractivity contribution < 1.29 is 35.5 Å². The predicted octanol–water partition coefficient (Wildman–Crippen LogP) is 5.67. The number of rotatable bonds is 0. The Morgan fingerprint density at radius 2 is 1.54 bits per heavy atom. The third kappa shape index (κ3) is 4.27. The Balaban J connectivity index is 1.82. The molecule has 194 valence electrons. The SMILES string of the molecule is O=C1c2cc(F)c(C(F)(F)F)cc2N2CN1c1ccc(=O)[nH]c1NCCCc1c2cccc1C(F)(F)F. The minimum Gasteiger partial charge on any atom is -0.370 e. The van der Waals surface area contributed by atoms with Crippen molar-refractivity contribution in [1.82, 2.24) is 4.98 Å². The number of amides is 1. The van der Waals surface area contributed by atoms with Gasteiger partial charge in [0.15, 0.2) is 0 Å². The number of carbonyl (C=O) groups excluding carboxylic acids is 1. The smallest absolute Gasteiger partial charge is 0.370 e. The number of aromatic amines is 1. The number of benzene rings is 2. The van der Waals surface area contributed by atoms with Gasteiger partial charge in [-0.25, -0.2) is 4.39 Å². The summed E-state index contributed by atoms with van der Waals surface area (Å²) in [5.74, 6) is -2.49. The first-order valence-corrected chi connectivity index (χ1v) is 11.0. The summed E-state index contributed by atoms with van der Waals surface area (Å²) in [6, 6.07) is 6.61. The Labute approximate surface area is 204 Å². The maximum absolute atomic E-state index is 14.6. The highest BCUT2D eigenvalue weighted by molar-refractivity contribution is 6.13. The minimum absolute atomic E-state index is 0.0683. The van der Waals surface area contributed by atoms with Crippen molar-refractivity contribution in [3.05, 3.63) is 80.9 Å². The maximum Gasteiger partial charge on any atom is 0.419 e. The molecule has 0 saturated heterocycles. The fourth-order valence-electron chi connectivity index (χ4n) is 4.65. The van der Waals surface area contributed by atoms with Gasteiger partial charge < -0.3 is 15.2 Å². The molecule has 1 amide bonds. The van der Waals surface area contributed by atoms with Gasteiger partial charge in [-0.15, -0.1) is 0 Å². The third-order valence-electron chi connectivity index (χ3n) is 6.28. The molecule has 0 atom stereocenters. The molecule has 0 fully saturated rings. The summed E-state index contributed by atoms with van der Waals surface area (Å²) in [4.78, 5) is 30.1. The number of pyridine rings is 1. The lowest BCUT2D eigenvalue weighted by Gasteiger charge is -2.39. The van der Waals surface area contributed by atoms with Gasteiger partial charge in [-0.3, -0.25) is 14.5 Å². The molecule has 5 rings (SSSR count). The quantitative estimate of drug-likeness (QED) is 0.371. The summed E-state index contributed by atoms with van der Waals surface area (Å²) in [5.41, 5.74) is -4.14. The highest BCUT2D eigenvalue weighted by Gasteiger charge is 2.41. The molecule has 2 bridgehead atoms. The molecule has 3 aromatic rings. The lowest BCUT2D eigenvalue weighted by atomic mass is 9.97. The summed E-state index contributed by atoms with van der Waals surface area (Å²) in [6.07, 6.45) is -9.85. The highest BCUT2D eigenvalue weighted by Crippen LogP contribution is 2.45. The highest BCUT2D eigenvalue weighted by atomic mass is 19.4. The van der Waals surface area contributed by atoms with Crippen LogP contribution in [0, 0.1) is 5.82 Å². The van der Waals surface area contributed by atoms with Gasteiger partial charge >= 0.3 is 12.4 Å². The van der Waals surface area contributed by atoms with Crippen LogP contribution in [0.3, 0.4) is 0 Å². The molecule has 0 aliphatic carbocycles. The largest absolute Gasteiger partial charge is 0.419 e. The van der Waals surface area contributed by atoms with Crippen LogP contribution >= 0.6 is 0 Å². The number of nitrogens with zero attached hydrogens (tertiary/aromatic N) is 2. The monoisotopic (exact) mass is 526 g/mol. The Morgan fingerprint density at radius 3 is 2.24 bits per heavy atom. The van der Waals surface area contributed by atoms with E-state index in [0.717, 1.165) is 28.0 Å². The average Bonchev–Trinajstić information content (AvgIpc) is 2.83. The fraction of sp³-hybridized carbons (Fsp3) is 0.250. The van der Waals surface area contributed by atoms with Crippen molar-refractivity contribution in [1.29, 1.82) is 0 Å². The van der Waals surface area contributed by atoms with Crippen molar-refractivity contribution in [2.75, 3.05) is 28.3 Å². The number of anilines is 4. The van der Waals surface area contributed by atoms with Crippen LogP contribution in [0.5, 0.6) is 0 Å². The number of hydrogen-bond donors (Lipinski definition) is 2. The van der Waals surface area contributed by atoms with Crippen LogP contribution in [-0.4, -0.2) is 24.1 Å². The van der Waals surface area contributed by atoms with E-state index in [1.54, 1.807) is 0 Å². The molecule has 0 radical (unpaired) electrons. The standard InChI is InChI=1S/C24H17F7N4O2/c25-16-9-13-19(10-15(16)24(29,30)31)34-11-35(22(13)37)18-6-7-20(36)33-21(18)32-8-2-3-12-14(23(26,27)28)4-1-5-17(12)34/h1,4-7,9-10H,2-3,8,11H2,(H2,32,33,36). The zero-order chi connectivity index (χ0) is 26.7. The Kier molecular flexibility index (Phi) is 5.68. The molecule has 6 nitrogen and oxygen atoms in total. The first kappa shape index (κ1) is 24.7. The summed E-state index contributed by atoms with van der Waals surface area (Å²) < 4.78 is 97.1. The fourth-order valence-corrected chi connectivity index (χ4v) is 4.65. The van der Waals surface area contributed by atoms with Gasteiger partial charge in [0, 0.05) is 18.3 Å². The first-order chi connectivity index (χ1) is 17.4. The Morgan fingerprint density at radius 1 is 0.811 bits per heavy atom. The molecule has 2 aliphatic rings. The summed E-state index contributed by atoms with van der Waals surface area (Å²) >= 11 is 0. The number of fused-ring (bicyclic) bond motifs is 8. The van der Waals surface area contributed by atoms with Gasteiger partial charge in [0.05, 0.1) is 28.1 Å². The van der Waals surface area contributed by atoms with Crippen molar-refractivity contribution in [2.45, 2.75) is 25.2 Å². The number of hydrogen-bond acceptors (Lipinski definition) is 4. The molecule has 2 N–H and O–H groups in total. The molecular weight excluding hydrogens is 509 g/mol. The number of aromatic nitrogens is 1. The van der Waals surface area contributed by atoms with Crippen LogP contribution < -0.4 is 20.7 Å². The lowest BCUT2D eigenvalue weighted by molar-refractivity contribution is -0.140. The molecule has 0 spiro atoms. The van der Waals surface area contributed by atoms with Crippen LogP contribution in [0.4, 0.5) is 53.6 Å². The molecule has 13 heteroatoms. The lowest BCUT2D eigenvalue weighted by Crippen LogP contribution is -2.46. The van der Waals surface area contributed by atoms with Crippen molar-refractivity contribution in [3.8, 4) is 0 Å².